The Hall–Kier alpha value is -2.21. The van der Waals surface area contributed by atoms with E-state index in [1.54, 1.807) is 12.1 Å². The fourth-order valence-electron chi connectivity index (χ4n) is 2.49. The van der Waals surface area contributed by atoms with Crippen molar-refractivity contribution in [1.82, 2.24) is 9.88 Å². The largest absolute Gasteiger partial charge is 0.477 e. The molecule has 0 amide bonds. The Kier molecular flexibility index (Phi) is 3.96. The molecule has 1 N–H and O–H groups in total. The quantitative estimate of drug-likeness (QED) is 0.920. The SMILES string of the molecule is O=C(O)c1cccc(C2=CN(C3CCCCO3)CC=N2)n1. The zero-order chi connectivity index (χ0) is 14.7. The second-order valence-electron chi connectivity index (χ2n) is 5.06. The third kappa shape index (κ3) is 3.11. The average molecular weight is 287 g/mol. The van der Waals surface area contributed by atoms with E-state index >= 15 is 0 Å². The van der Waals surface area contributed by atoms with E-state index in [0.29, 0.717) is 17.9 Å². The Bertz CT molecular complexity index is 592. The molecule has 6 nitrogen and oxygen atoms in total. The smallest absolute Gasteiger partial charge is 0.354 e. The van der Waals surface area contributed by atoms with Crippen molar-refractivity contribution in [3.05, 3.63) is 35.8 Å². The number of carbonyl (C=O) groups is 1. The van der Waals surface area contributed by atoms with Crippen LogP contribution < -0.4 is 0 Å². The normalized spacial score (nSPS) is 22.0. The van der Waals surface area contributed by atoms with E-state index in [1.165, 1.54) is 6.07 Å². The lowest BCUT2D eigenvalue weighted by Crippen LogP contribution is -2.38. The molecule has 1 unspecified atom stereocenters. The maximum absolute atomic E-state index is 11.0. The number of aromatic carboxylic acids is 1. The molecule has 1 saturated heterocycles. The van der Waals surface area contributed by atoms with Gasteiger partial charge in [0.05, 0.1) is 12.2 Å². The average Bonchev–Trinajstić information content (AvgIpc) is 2.56. The Morgan fingerprint density at radius 1 is 1.38 bits per heavy atom. The van der Waals surface area contributed by atoms with Crippen LogP contribution in [0.25, 0.3) is 5.70 Å². The van der Waals surface area contributed by atoms with Crippen molar-refractivity contribution in [1.29, 1.82) is 0 Å². The van der Waals surface area contributed by atoms with Crippen LogP contribution in [0.3, 0.4) is 0 Å². The number of carboxylic acids is 1. The Labute approximate surface area is 122 Å². The lowest BCUT2D eigenvalue weighted by atomic mass is 10.1. The minimum Gasteiger partial charge on any atom is -0.477 e. The number of pyridine rings is 1. The van der Waals surface area contributed by atoms with E-state index < -0.39 is 5.97 Å². The minimum atomic E-state index is -1.04. The molecule has 0 aliphatic carbocycles. The monoisotopic (exact) mass is 287 g/mol. The van der Waals surface area contributed by atoms with Gasteiger partial charge in [0.2, 0.25) is 0 Å². The van der Waals surface area contributed by atoms with Gasteiger partial charge in [0, 0.05) is 19.0 Å². The summed E-state index contributed by atoms with van der Waals surface area (Å²) < 4.78 is 5.77. The summed E-state index contributed by atoms with van der Waals surface area (Å²) in [4.78, 5) is 21.5. The predicted octanol–water partition coefficient (Wildman–Crippen LogP) is 1.99. The fourth-order valence-corrected chi connectivity index (χ4v) is 2.49. The maximum atomic E-state index is 11.0. The highest BCUT2D eigenvalue weighted by molar-refractivity contribution is 5.86. The van der Waals surface area contributed by atoms with Crippen LogP contribution >= 0.6 is 0 Å². The summed E-state index contributed by atoms with van der Waals surface area (Å²) >= 11 is 0. The maximum Gasteiger partial charge on any atom is 0.354 e. The van der Waals surface area contributed by atoms with Crippen molar-refractivity contribution < 1.29 is 14.6 Å². The van der Waals surface area contributed by atoms with Gasteiger partial charge in [-0.15, -0.1) is 0 Å². The highest BCUT2D eigenvalue weighted by Gasteiger charge is 2.21. The van der Waals surface area contributed by atoms with Gasteiger partial charge in [0.15, 0.2) is 0 Å². The van der Waals surface area contributed by atoms with Crippen LogP contribution in [0.15, 0.2) is 29.4 Å². The molecule has 21 heavy (non-hydrogen) atoms. The van der Waals surface area contributed by atoms with Crippen molar-refractivity contribution in [3.63, 3.8) is 0 Å². The molecule has 0 bridgehead atoms. The second kappa shape index (κ2) is 6.05. The molecule has 1 fully saturated rings. The van der Waals surface area contributed by atoms with Gasteiger partial charge >= 0.3 is 5.97 Å². The topological polar surface area (TPSA) is 75.0 Å². The number of hydrogen-bond donors (Lipinski definition) is 1. The minimum absolute atomic E-state index is 0.0228. The Morgan fingerprint density at radius 2 is 2.29 bits per heavy atom. The van der Waals surface area contributed by atoms with E-state index in [9.17, 15) is 4.79 Å². The van der Waals surface area contributed by atoms with Crippen molar-refractivity contribution in [3.8, 4) is 0 Å². The molecule has 1 aromatic heterocycles. The summed E-state index contributed by atoms with van der Waals surface area (Å²) in [5.74, 6) is -1.04. The molecule has 0 saturated carbocycles. The molecule has 110 valence electrons. The van der Waals surface area contributed by atoms with Gasteiger partial charge in [-0.05, 0) is 31.4 Å². The highest BCUT2D eigenvalue weighted by atomic mass is 16.5. The lowest BCUT2D eigenvalue weighted by molar-refractivity contribution is -0.0598. The number of ether oxygens (including phenoxy) is 1. The summed E-state index contributed by atoms with van der Waals surface area (Å²) in [5, 5.41) is 9.01. The number of aromatic nitrogens is 1. The van der Waals surface area contributed by atoms with Gasteiger partial charge < -0.3 is 14.7 Å². The molecule has 2 aliphatic rings. The van der Waals surface area contributed by atoms with Crippen molar-refractivity contribution in [2.45, 2.75) is 25.5 Å². The Balaban J connectivity index is 1.83. The molecule has 0 aromatic carbocycles. The summed E-state index contributed by atoms with van der Waals surface area (Å²) in [7, 11) is 0. The summed E-state index contributed by atoms with van der Waals surface area (Å²) in [6.45, 7) is 1.49. The molecule has 1 aromatic rings. The van der Waals surface area contributed by atoms with Crippen LogP contribution in [-0.4, -0.2) is 46.6 Å². The number of hydrogen-bond acceptors (Lipinski definition) is 5. The summed E-state index contributed by atoms with van der Waals surface area (Å²) in [6, 6.07) is 4.92. The predicted molar refractivity (Wildman–Crippen MR) is 78.0 cm³/mol. The van der Waals surface area contributed by atoms with Crippen molar-refractivity contribution in [2.24, 2.45) is 4.99 Å². The van der Waals surface area contributed by atoms with Gasteiger partial charge in [-0.3, -0.25) is 4.99 Å². The molecule has 2 aliphatic heterocycles. The van der Waals surface area contributed by atoms with Crippen LogP contribution in [0.4, 0.5) is 0 Å². The van der Waals surface area contributed by atoms with Gasteiger partial charge in [-0.25, -0.2) is 9.78 Å². The number of rotatable bonds is 3. The van der Waals surface area contributed by atoms with Gasteiger partial charge in [-0.2, -0.15) is 0 Å². The van der Waals surface area contributed by atoms with Crippen LogP contribution in [0.5, 0.6) is 0 Å². The number of carboxylic acid groups (broad SMARTS) is 1. The van der Waals surface area contributed by atoms with Crippen molar-refractivity contribution in [2.75, 3.05) is 13.2 Å². The van der Waals surface area contributed by atoms with Crippen LogP contribution in [-0.2, 0) is 4.74 Å². The van der Waals surface area contributed by atoms with E-state index in [4.69, 9.17) is 9.84 Å². The molecule has 1 atom stereocenters. The van der Waals surface area contributed by atoms with Gasteiger partial charge in [0.1, 0.15) is 17.6 Å². The summed E-state index contributed by atoms with van der Waals surface area (Å²) in [6.07, 6.45) is 7.06. The van der Waals surface area contributed by atoms with Gasteiger partial charge in [0.25, 0.3) is 0 Å². The molecule has 3 heterocycles. The second-order valence-corrected chi connectivity index (χ2v) is 5.06. The van der Waals surface area contributed by atoms with Crippen molar-refractivity contribution >= 4 is 17.9 Å². The van der Waals surface area contributed by atoms with E-state index in [-0.39, 0.29) is 11.9 Å². The van der Waals surface area contributed by atoms with Gasteiger partial charge in [-0.1, -0.05) is 6.07 Å². The molecule has 6 heteroatoms. The first-order valence-electron chi connectivity index (χ1n) is 7.06. The summed E-state index contributed by atoms with van der Waals surface area (Å²) in [5.41, 5.74) is 1.25. The first-order valence-corrected chi connectivity index (χ1v) is 7.06. The third-order valence-corrected chi connectivity index (χ3v) is 3.57. The zero-order valence-corrected chi connectivity index (χ0v) is 11.6. The first-order chi connectivity index (χ1) is 10.2. The first kappa shape index (κ1) is 13.8. The molecule has 0 radical (unpaired) electrons. The molecule has 3 rings (SSSR count). The van der Waals surface area contributed by atoms with E-state index in [2.05, 4.69) is 14.9 Å². The number of aliphatic imine (C=N–C) groups is 1. The Morgan fingerprint density at radius 3 is 3.05 bits per heavy atom. The standard InChI is InChI=1S/C15H17N3O3/c19-15(20)12-5-3-4-11(17-12)13-10-18(8-7-16-13)14-6-1-2-9-21-14/h3-5,7,10,14H,1-2,6,8-9H2,(H,19,20). The number of nitrogens with zero attached hydrogens (tertiary/aromatic N) is 3. The fraction of sp³-hybridized carbons (Fsp3) is 0.400. The van der Waals surface area contributed by atoms with E-state index in [1.807, 2.05) is 12.4 Å². The molecular formula is C15H17N3O3. The van der Waals surface area contributed by atoms with Crippen LogP contribution in [0.2, 0.25) is 0 Å². The zero-order valence-electron chi connectivity index (χ0n) is 11.6. The van der Waals surface area contributed by atoms with Crippen LogP contribution in [0.1, 0.15) is 35.4 Å². The lowest BCUT2D eigenvalue weighted by Gasteiger charge is -2.34. The van der Waals surface area contributed by atoms with Crippen LogP contribution in [0, 0.1) is 0 Å². The molecule has 0 spiro atoms. The highest BCUT2D eigenvalue weighted by Crippen LogP contribution is 2.23. The van der Waals surface area contributed by atoms with E-state index in [0.717, 1.165) is 25.9 Å². The molecular weight excluding hydrogens is 270 g/mol. The third-order valence-electron chi connectivity index (χ3n) is 3.57.